The number of carbonyl (C=O) groups is 2. The summed E-state index contributed by atoms with van der Waals surface area (Å²) in [7, 11) is 4.01. The topological polar surface area (TPSA) is 52.7 Å². The summed E-state index contributed by atoms with van der Waals surface area (Å²) in [5.74, 6) is -0.0224. The van der Waals surface area contributed by atoms with E-state index < -0.39 is 6.04 Å². The standard InChI is InChI=1S/C22H27N3O2/c1-24(2)20(18-11-7-4-8-12-18)15-23-22(27)19-13-14-21(26)25(19)16-17-9-5-3-6-10-17/h3-12,19-20H,13-16H2,1-2H3,(H,23,27). The molecule has 3 rings (SSSR count). The van der Waals surface area contributed by atoms with Crippen LogP contribution in [0.2, 0.25) is 0 Å². The van der Waals surface area contributed by atoms with E-state index in [9.17, 15) is 9.59 Å². The zero-order valence-electron chi connectivity index (χ0n) is 16.0. The van der Waals surface area contributed by atoms with Crippen LogP contribution >= 0.6 is 0 Å². The zero-order valence-corrected chi connectivity index (χ0v) is 16.0. The lowest BCUT2D eigenvalue weighted by molar-refractivity contribution is -0.135. The molecule has 2 atom stereocenters. The van der Waals surface area contributed by atoms with Crippen LogP contribution in [-0.4, -0.2) is 48.3 Å². The van der Waals surface area contributed by atoms with Gasteiger partial charge in [0.05, 0.1) is 6.04 Å². The summed E-state index contributed by atoms with van der Waals surface area (Å²) in [5, 5.41) is 3.07. The number of likely N-dealkylation sites (N-methyl/N-ethyl adjacent to an activating group) is 1. The Morgan fingerprint density at radius 3 is 2.37 bits per heavy atom. The minimum Gasteiger partial charge on any atom is -0.352 e. The van der Waals surface area contributed by atoms with Crippen molar-refractivity contribution in [2.24, 2.45) is 0 Å². The molecule has 2 aromatic rings. The Balaban J connectivity index is 1.64. The SMILES string of the molecule is CN(C)C(CNC(=O)C1CCC(=O)N1Cc1ccccc1)c1ccccc1. The van der Waals surface area contributed by atoms with Gasteiger partial charge < -0.3 is 15.1 Å². The maximum Gasteiger partial charge on any atom is 0.242 e. The van der Waals surface area contributed by atoms with Crippen molar-refractivity contribution in [1.82, 2.24) is 15.1 Å². The van der Waals surface area contributed by atoms with Crippen LogP contribution in [0.15, 0.2) is 60.7 Å². The fourth-order valence-electron chi connectivity index (χ4n) is 3.57. The third-order valence-electron chi connectivity index (χ3n) is 5.10. The van der Waals surface area contributed by atoms with Gasteiger partial charge in [-0.2, -0.15) is 0 Å². The number of nitrogens with zero attached hydrogens (tertiary/aromatic N) is 2. The van der Waals surface area contributed by atoms with Crippen LogP contribution < -0.4 is 5.32 Å². The zero-order chi connectivity index (χ0) is 19.2. The van der Waals surface area contributed by atoms with E-state index in [-0.39, 0.29) is 17.9 Å². The first-order valence-electron chi connectivity index (χ1n) is 9.38. The summed E-state index contributed by atoms with van der Waals surface area (Å²) < 4.78 is 0. The molecule has 5 heteroatoms. The summed E-state index contributed by atoms with van der Waals surface area (Å²) >= 11 is 0. The largest absolute Gasteiger partial charge is 0.352 e. The van der Waals surface area contributed by atoms with Gasteiger partial charge in [0, 0.05) is 19.5 Å². The van der Waals surface area contributed by atoms with Crippen LogP contribution in [0.5, 0.6) is 0 Å². The van der Waals surface area contributed by atoms with Crippen LogP contribution in [0.25, 0.3) is 0 Å². The van der Waals surface area contributed by atoms with Crippen molar-refractivity contribution < 1.29 is 9.59 Å². The molecule has 0 saturated carbocycles. The maximum atomic E-state index is 12.8. The van der Waals surface area contributed by atoms with Crippen molar-refractivity contribution >= 4 is 11.8 Å². The highest BCUT2D eigenvalue weighted by atomic mass is 16.2. The summed E-state index contributed by atoms with van der Waals surface area (Å²) in [5.41, 5.74) is 2.20. The van der Waals surface area contributed by atoms with Gasteiger partial charge in [-0.1, -0.05) is 60.7 Å². The Morgan fingerprint density at radius 1 is 1.11 bits per heavy atom. The molecular formula is C22H27N3O2. The second-order valence-corrected chi connectivity index (χ2v) is 7.20. The van der Waals surface area contributed by atoms with Crippen molar-refractivity contribution in [2.75, 3.05) is 20.6 Å². The Bertz CT molecular complexity index is 762. The molecule has 2 amide bonds. The second kappa shape index (κ2) is 8.82. The van der Waals surface area contributed by atoms with Gasteiger partial charge in [-0.25, -0.2) is 0 Å². The van der Waals surface area contributed by atoms with Crippen molar-refractivity contribution in [3.63, 3.8) is 0 Å². The van der Waals surface area contributed by atoms with E-state index >= 15 is 0 Å². The Morgan fingerprint density at radius 2 is 1.74 bits per heavy atom. The fourth-order valence-corrected chi connectivity index (χ4v) is 3.57. The Hall–Kier alpha value is -2.66. The first-order valence-corrected chi connectivity index (χ1v) is 9.38. The molecule has 2 aromatic carbocycles. The third kappa shape index (κ3) is 4.74. The fraction of sp³-hybridized carbons (Fsp3) is 0.364. The molecule has 1 aliphatic heterocycles. The molecule has 1 fully saturated rings. The second-order valence-electron chi connectivity index (χ2n) is 7.20. The van der Waals surface area contributed by atoms with Crippen LogP contribution in [-0.2, 0) is 16.1 Å². The predicted molar refractivity (Wildman–Crippen MR) is 106 cm³/mol. The van der Waals surface area contributed by atoms with E-state index in [1.165, 1.54) is 0 Å². The van der Waals surface area contributed by atoms with Crippen LogP contribution in [0.4, 0.5) is 0 Å². The predicted octanol–water partition coefficient (Wildman–Crippen LogP) is 2.60. The molecule has 2 unspecified atom stereocenters. The number of nitrogens with one attached hydrogen (secondary N) is 1. The van der Waals surface area contributed by atoms with Crippen molar-refractivity contribution in [3.8, 4) is 0 Å². The molecule has 27 heavy (non-hydrogen) atoms. The first kappa shape index (κ1) is 19.1. The monoisotopic (exact) mass is 365 g/mol. The van der Waals surface area contributed by atoms with Gasteiger partial charge in [-0.05, 0) is 31.6 Å². The van der Waals surface area contributed by atoms with E-state index in [0.717, 1.165) is 11.1 Å². The van der Waals surface area contributed by atoms with Gasteiger partial charge in [-0.15, -0.1) is 0 Å². The smallest absolute Gasteiger partial charge is 0.242 e. The average molecular weight is 365 g/mol. The highest BCUT2D eigenvalue weighted by Gasteiger charge is 2.36. The molecule has 0 bridgehead atoms. The van der Waals surface area contributed by atoms with Crippen LogP contribution in [0.3, 0.4) is 0 Å². The van der Waals surface area contributed by atoms with Gasteiger partial charge in [0.1, 0.15) is 6.04 Å². The number of likely N-dealkylation sites (tertiary alicyclic amines) is 1. The Labute approximate surface area is 161 Å². The van der Waals surface area contributed by atoms with Crippen molar-refractivity contribution in [2.45, 2.75) is 31.5 Å². The number of hydrogen-bond acceptors (Lipinski definition) is 3. The lowest BCUT2D eigenvalue weighted by Crippen LogP contribution is -2.46. The van der Waals surface area contributed by atoms with E-state index in [2.05, 4.69) is 22.3 Å². The van der Waals surface area contributed by atoms with E-state index in [1.807, 2.05) is 62.6 Å². The van der Waals surface area contributed by atoms with Gasteiger partial charge in [-0.3, -0.25) is 9.59 Å². The van der Waals surface area contributed by atoms with Gasteiger partial charge in [0.15, 0.2) is 0 Å². The molecule has 0 radical (unpaired) electrons. The molecule has 1 aliphatic rings. The average Bonchev–Trinajstić information content (AvgIpc) is 3.04. The van der Waals surface area contributed by atoms with Gasteiger partial charge >= 0.3 is 0 Å². The number of hydrogen-bond donors (Lipinski definition) is 1. The van der Waals surface area contributed by atoms with E-state index in [0.29, 0.717) is 25.9 Å². The molecule has 1 heterocycles. The summed E-state index contributed by atoms with van der Waals surface area (Å²) in [6, 6.07) is 19.6. The lowest BCUT2D eigenvalue weighted by Gasteiger charge is -2.28. The highest BCUT2D eigenvalue weighted by molar-refractivity contribution is 5.90. The molecular weight excluding hydrogens is 338 g/mol. The molecule has 0 spiro atoms. The molecule has 5 nitrogen and oxygen atoms in total. The quantitative estimate of drug-likeness (QED) is 0.821. The molecule has 1 N–H and O–H groups in total. The minimum atomic E-state index is -0.392. The molecule has 0 aliphatic carbocycles. The third-order valence-corrected chi connectivity index (χ3v) is 5.10. The van der Waals surface area contributed by atoms with Crippen LogP contribution in [0, 0.1) is 0 Å². The van der Waals surface area contributed by atoms with Crippen molar-refractivity contribution in [1.29, 1.82) is 0 Å². The lowest BCUT2D eigenvalue weighted by atomic mass is 10.1. The normalized spacial score (nSPS) is 18.0. The summed E-state index contributed by atoms with van der Waals surface area (Å²) in [6.45, 7) is 0.993. The molecule has 142 valence electrons. The van der Waals surface area contributed by atoms with Crippen LogP contribution in [0.1, 0.15) is 30.0 Å². The number of benzene rings is 2. The highest BCUT2D eigenvalue weighted by Crippen LogP contribution is 2.22. The summed E-state index contributed by atoms with van der Waals surface area (Å²) in [4.78, 5) is 28.9. The van der Waals surface area contributed by atoms with Crippen molar-refractivity contribution in [3.05, 3.63) is 71.8 Å². The number of amides is 2. The maximum absolute atomic E-state index is 12.8. The van der Waals surface area contributed by atoms with E-state index in [1.54, 1.807) is 4.90 Å². The molecule has 1 saturated heterocycles. The number of rotatable bonds is 7. The Kier molecular flexibility index (Phi) is 6.24. The summed E-state index contributed by atoms with van der Waals surface area (Å²) in [6.07, 6.45) is 1.01. The minimum absolute atomic E-state index is 0.0474. The first-order chi connectivity index (χ1) is 13.1. The van der Waals surface area contributed by atoms with E-state index in [4.69, 9.17) is 0 Å². The number of carbonyl (C=O) groups excluding carboxylic acids is 2. The molecule has 0 aromatic heterocycles. The van der Waals surface area contributed by atoms with Gasteiger partial charge in [0.2, 0.25) is 11.8 Å². The van der Waals surface area contributed by atoms with Gasteiger partial charge in [0.25, 0.3) is 0 Å².